The molecule has 5 rings (SSSR count). The largest absolute Gasteiger partial charge is 0.497 e. The maximum absolute atomic E-state index is 13.3. The summed E-state index contributed by atoms with van der Waals surface area (Å²) in [6, 6.07) is 19.1. The van der Waals surface area contributed by atoms with Crippen LogP contribution in [0.5, 0.6) is 5.75 Å². The molecule has 0 spiro atoms. The fourth-order valence-corrected chi connectivity index (χ4v) is 5.87. The van der Waals surface area contributed by atoms with Crippen LogP contribution in [0.2, 0.25) is 0 Å². The van der Waals surface area contributed by atoms with Crippen molar-refractivity contribution in [2.24, 2.45) is 0 Å². The van der Waals surface area contributed by atoms with Crippen molar-refractivity contribution in [3.05, 3.63) is 92.8 Å². The minimum Gasteiger partial charge on any atom is -0.497 e. The first-order valence-corrected chi connectivity index (χ1v) is 11.9. The Kier molecular flexibility index (Phi) is 5.81. The summed E-state index contributed by atoms with van der Waals surface area (Å²) in [4.78, 5) is 20.2. The summed E-state index contributed by atoms with van der Waals surface area (Å²) in [5, 5.41) is 4.59. The molecule has 0 saturated carbocycles. The lowest BCUT2D eigenvalue weighted by Crippen LogP contribution is -2.36. The van der Waals surface area contributed by atoms with Gasteiger partial charge in [-0.3, -0.25) is 9.36 Å². The standard InChI is InChI=1S/C26H27N3O2S/c1-17(19-8-4-3-5-9-19)28-20-11-12-22-23(14-20)32-25-24(22)26(30)29(16-27-25)15-18-7-6-10-21(13-18)31-2/h3-10,13,16-17,20,28H,11-12,14-15H2,1-2H3. The molecule has 164 valence electrons. The second kappa shape index (κ2) is 8.88. The molecule has 0 radical (unpaired) electrons. The number of aromatic nitrogens is 2. The summed E-state index contributed by atoms with van der Waals surface area (Å²) in [5.74, 6) is 0.792. The molecule has 2 aromatic carbocycles. The summed E-state index contributed by atoms with van der Waals surface area (Å²) in [7, 11) is 1.65. The zero-order valence-corrected chi connectivity index (χ0v) is 19.2. The van der Waals surface area contributed by atoms with Crippen LogP contribution in [0.15, 0.2) is 65.7 Å². The molecular weight excluding hydrogens is 418 g/mol. The number of nitrogens with one attached hydrogen (secondary N) is 1. The SMILES string of the molecule is COc1cccc(Cn2cnc3sc4c(c3c2=O)CCC(NC(C)c2ccccc2)C4)c1. The van der Waals surface area contributed by atoms with Crippen molar-refractivity contribution >= 4 is 21.6 Å². The molecule has 0 fully saturated rings. The van der Waals surface area contributed by atoms with Gasteiger partial charge in [0.25, 0.3) is 5.56 Å². The summed E-state index contributed by atoms with van der Waals surface area (Å²) in [6.45, 7) is 2.71. The average molecular weight is 446 g/mol. The van der Waals surface area contributed by atoms with E-state index in [9.17, 15) is 4.79 Å². The van der Waals surface area contributed by atoms with Crippen LogP contribution in [0.3, 0.4) is 0 Å². The lowest BCUT2D eigenvalue weighted by molar-refractivity contribution is 0.414. The fourth-order valence-electron chi connectivity index (χ4n) is 4.62. The maximum atomic E-state index is 13.3. The van der Waals surface area contributed by atoms with Crippen LogP contribution in [-0.4, -0.2) is 22.7 Å². The first kappa shape index (κ1) is 20.9. The van der Waals surface area contributed by atoms with Gasteiger partial charge in [0.2, 0.25) is 0 Å². The number of hydrogen-bond acceptors (Lipinski definition) is 5. The second-order valence-electron chi connectivity index (χ2n) is 8.45. The predicted molar refractivity (Wildman–Crippen MR) is 130 cm³/mol. The van der Waals surface area contributed by atoms with Gasteiger partial charge in [-0.25, -0.2) is 4.98 Å². The molecule has 2 heterocycles. The van der Waals surface area contributed by atoms with Crippen LogP contribution < -0.4 is 15.6 Å². The number of fused-ring (bicyclic) bond motifs is 3. The van der Waals surface area contributed by atoms with Crippen LogP contribution in [0.4, 0.5) is 0 Å². The Balaban J connectivity index is 1.38. The lowest BCUT2D eigenvalue weighted by Gasteiger charge is -2.27. The van der Waals surface area contributed by atoms with Crippen molar-refractivity contribution in [3.63, 3.8) is 0 Å². The number of benzene rings is 2. The molecule has 32 heavy (non-hydrogen) atoms. The molecule has 2 aromatic heterocycles. The van der Waals surface area contributed by atoms with E-state index in [2.05, 4.69) is 41.5 Å². The van der Waals surface area contributed by atoms with Gasteiger partial charge in [-0.2, -0.15) is 0 Å². The monoisotopic (exact) mass is 445 g/mol. The zero-order valence-electron chi connectivity index (χ0n) is 18.4. The molecule has 1 N–H and O–H groups in total. The summed E-state index contributed by atoms with van der Waals surface area (Å²) in [5.41, 5.74) is 3.58. The summed E-state index contributed by atoms with van der Waals surface area (Å²) < 4.78 is 7.03. The van der Waals surface area contributed by atoms with Crippen molar-refractivity contribution in [2.75, 3.05) is 7.11 Å². The number of nitrogens with zero attached hydrogens (tertiary/aromatic N) is 2. The Morgan fingerprint density at radius 3 is 2.88 bits per heavy atom. The van der Waals surface area contributed by atoms with Crippen LogP contribution in [0, 0.1) is 0 Å². The molecule has 1 aliphatic rings. The van der Waals surface area contributed by atoms with E-state index >= 15 is 0 Å². The first-order valence-electron chi connectivity index (χ1n) is 11.1. The molecule has 2 unspecified atom stereocenters. The van der Waals surface area contributed by atoms with E-state index in [1.807, 2.05) is 30.3 Å². The Bertz CT molecular complexity index is 1300. The smallest absolute Gasteiger partial charge is 0.262 e. The Morgan fingerprint density at radius 1 is 1.22 bits per heavy atom. The third kappa shape index (κ3) is 4.08. The highest BCUT2D eigenvalue weighted by molar-refractivity contribution is 7.18. The number of ether oxygens (including phenoxy) is 1. The lowest BCUT2D eigenvalue weighted by atomic mass is 9.92. The maximum Gasteiger partial charge on any atom is 0.262 e. The van der Waals surface area contributed by atoms with Gasteiger partial charge in [0.05, 0.1) is 25.4 Å². The van der Waals surface area contributed by atoms with Gasteiger partial charge in [-0.1, -0.05) is 42.5 Å². The minimum absolute atomic E-state index is 0.0550. The van der Waals surface area contributed by atoms with Gasteiger partial charge >= 0.3 is 0 Å². The van der Waals surface area contributed by atoms with E-state index in [1.165, 1.54) is 16.0 Å². The number of thiophene rings is 1. The van der Waals surface area contributed by atoms with Crippen molar-refractivity contribution in [3.8, 4) is 5.75 Å². The molecule has 0 aliphatic heterocycles. The third-order valence-electron chi connectivity index (χ3n) is 6.31. The normalized spacial score (nSPS) is 16.6. The molecular formula is C26H27N3O2S. The van der Waals surface area contributed by atoms with Crippen LogP contribution in [0.25, 0.3) is 10.2 Å². The van der Waals surface area contributed by atoms with Crippen molar-refractivity contribution in [2.45, 2.75) is 44.8 Å². The van der Waals surface area contributed by atoms with Gasteiger partial charge in [0, 0.05) is 17.0 Å². The zero-order chi connectivity index (χ0) is 22.1. The van der Waals surface area contributed by atoms with Gasteiger partial charge in [0.1, 0.15) is 10.6 Å². The third-order valence-corrected chi connectivity index (χ3v) is 7.47. The van der Waals surface area contributed by atoms with Crippen molar-refractivity contribution in [1.29, 1.82) is 0 Å². The highest BCUT2D eigenvalue weighted by Crippen LogP contribution is 2.34. The fraction of sp³-hybridized carbons (Fsp3) is 0.308. The number of hydrogen-bond donors (Lipinski definition) is 1. The van der Waals surface area contributed by atoms with Gasteiger partial charge in [-0.05, 0) is 55.0 Å². The second-order valence-corrected chi connectivity index (χ2v) is 9.54. The summed E-state index contributed by atoms with van der Waals surface area (Å²) >= 11 is 1.68. The minimum atomic E-state index is 0.0550. The topological polar surface area (TPSA) is 56.2 Å². The van der Waals surface area contributed by atoms with E-state index in [0.29, 0.717) is 18.6 Å². The molecule has 2 atom stereocenters. The highest BCUT2D eigenvalue weighted by Gasteiger charge is 2.26. The van der Waals surface area contributed by atoms with E-state index in [-0.39, 0.29) is 5.56 Å². The van der Waals surface area contributed by atoms with Gasteiger partial charge < -0.3 is 10.1 Å². The molecule has 1 aliphatic carbocycles. The number of rotatable bonds is 6. The molecule has 5 nitrogen and oxygen atoms in total. The highest BCUT2D eigenvalue weighted by atomic mass is 32.1. The van der Waals surface area contributed by atoms with Crippen LogP contribution in [0.1, 0.15) is 41.0 Å². The number of aryl methyl sites for hydroxylation is 1. The quantitative estimate of drug-likeness (QED) is 0.466. The molecule has 0 bridgehead atoms. The predicted octanol–water partition coefficient (Wildman–Crippen LogP) is 4.72. The van der Waals surface area contributed by atoms with Crippen LogP contribution in [-0.2, 0) is 19.4 Å². The van der Waals surface area contributed by atoms with E-state index < -0.39 is 0 Å². The molecule has 4 aromatic rings. The Labute approximate surface area is 191 Å². The van der Waals surface area contributed by atoms with Gasteiger partial charge in [0.15, 0.2) is 0 Å². The van der Waals surface area contributed by atoms with Crippen LogP contribution >= 0.6 is 11.3 Å². The Hall–Kier alpha value is -2.96. The van der Waals surface area contributed by atoms with Crippen molar-refractivity contribution in [1.82, 2.24) is 14.9 Å². The van der Waals surface area contributed by atoms with E-state index in [0.717, 1.165) is 40.8 Å². The van der Waals surface area contributed by atoms with Gasteiger partial charge in [-0.15, -0.1) is 11.3 Å². The molecule has 6 heteroatoms. The molecule has 0 saturated heterocycles. The first-order chi connectivity index (χ1) is 15.6. The van der Waals surface area contributed by atoms with Crippen molar-refractivity contribution < 1.29 is 4.74 Å². The van der Waals surface area contributed by atoms with E-state index in [4.69, 9.17) is 4.74 Å². The Morgan fingerprint density at radius 2 is 2.06 bits per heavy atom. The average Bonchev–Trinajstić information content (AvgIpc) is 3.20. The summed E-state index contributed by atoms with van der Waals surface area (Å²) in [6.07, 6.45) is 4.57. The van der Waals surface area contributed by atoms with E-state index in [1.54, 1.807) is 29.3 Å². The molecule has 0 amide bonds. The number of methoxy groups -OCH3 is 1.